The maximum atomic E-state index is 12.4. The van der Waals surface area contributed by atoms with Crippen LogP contribution in [0.4, 0.5) is 5.82 Å². The predicted molar refractivity (Wildman–Crippen MR) is 96.0 cm³/mol. The highest BCUT2D eigenvalue weighted by Gasteiger charge is 2.21. The average Bonchev–Trinajstić information content (AvgIpc) is 3.08. The number of nitrogens with one attached hydrogen (secondary N) is 2. The van der Waals surface area contributed by atoms with Crippen molar-refractivity contribution in [3.63, 3.8) is 0 Å². The van der Waals surface area contributed by atoms with Crippen LogP contribution in [0.25, 0.3) is 22.0 Å². The number of aryl methyl sites for hydroxylation is 1. The Hall–Kier alpha value is -2.80. The number of aromatic nitrogens is 4. The number of carbonyl (C=O) groups is 1. The summed E-state index contributed by atoms with van der Waals surface area (Å²) >= 11 is 0. The van der Waals surface area contributed by atoms with E-state index in [2.05, 4.69) is 25.7 Å². The molecule has 1 saturated heterocycles. The summed E-state index contributed by atoms with van der Waals surface area (Å²) in [5.41, 5.74) is 1.81. The molecule has 0 spiro atoms. The second kappa shape index (κ2) is 6.60. The van der Waals surface area contributed by atoms with Crippen molar-refractivity contribution in [2.45, 2.75) is 12.8 Å². The molecule has 3 aromatic rings. The first-order chi connectivity index (χ1) is 12.2. The molecule has 7 nitrogen and oxygen atoms in total. The van der Waals surface area contributed by atoms with Crippen molar-refractivity contribution in [2.75, 3.05) is 18.4 Å². The summed E-state index contributed by atoms with van der Waals surface area (Å²) in [7, 11) is 1.88. The molecule has 128 valence electrons. The molecule has 7 heteroatoms. The van der Waals surface area contributed by atoms with Gasteiger partial charge in [0.25, 0.3) is 0 Å². The summed E-state index contributed by atoms with van der Waals surface area (Å²) in [6.45, 7) is 1.72. The minimum Gasteiger partial charge on any atom is -0.316 e. The van der Waals surface area contributed by atoms with Crippen LogP contribution in [-0.2, 0) is 11.8 Å². The van der Waals surface area contributed by atoms with E-state index in [1.165, 1.54) is 0 Å². The van der Waals surface area contributed by atoms with E-state index >= 15 is 0 Å². The number of anilines is 1. The smallest absolute Gasteiger partial charge is 0.229 e. The van der Waals surface area contributed by atoms with Gasteiger partial charge >= 0.3 is 0 Å². The van der Waals surface area contributed by atoms with E-state index in [9.17, 15) is 4.79 Å². The van der Waals surface area contributed by atoms with E-state index in [4.69, 9.17) is 0 Å². The van der Waals surface area contributed by atoms with Crippen LogP contribution in [0.1, 0.15) is 12.8 Å². The Morgan fingerprint density at radius 1 is 1.24 bits per heavy atom. The van der Waals surface area contributed by atoms with E-state index in [-0.39, 0.29) is 11.8 Å². The third-order valence-corrected chi connectivity index (χ3v) is 4.52. The number of rotatable bonds is 3. The maximum absolute atomic E-state index is 12.4. The SMILES string of the molecule is Cn1cc(-c2cc3cc(NC(=O)[C@H]4CCCNC4)ncc3cn2)cn1. The summed E-state index contributed by atoms with van der Waals surface area (Å²) in [5, 5.41) is 12.3. The predicted octanol–water partition coefficient (Wildman–Crippen LogP) is 1.97. The van der Waals surface area contributed by atoms with Crippen LogP contribution in [-0.4, -0.2) is 38.7 Å². The van der Waals surface area contributed by atoms with Crippen LogP contribution >= 0.6 is 0 Å². The van der Waals surface area contributed by atoms with Crippen LogP contribution in [0.15, 0.2) is 36.9 Å². The lowest BCUT2D eigenvalue weighted by atomic mass is 9.99. The van der Waals surface area contributed by atoms with Crippen LogP contribution in [0.5, 0.6) is 0 Å². The minimum absolute atomic E-state index is 0.00893. The Morgan fingerprint density at radius 2 is 2.12 bits per heavy atom. The third-order valence-electron chi connectivity index (χ3n) is 4.52. The third kappa shape index (κ3) is 3.36. The molecular weight excluding hydrogens is 316 g/mol. The maximum Gasteiger partial charge on any atom is 0.229 e. The molecule has 25 heavy (non-hydrogen) atoms. The number of piperidine rings is 1. The number of amides is 1. The zero-order valence-electron chi connectivity index (χ0n) is 14.1. The number of nitrogens with zero attached hydrogens (tertiary/aromatic N) is 4. The number of hydrogen-bond donors (Lipinski definition) is 2. The quantitative estimate of drug-likeness (QED) is 0.764. The first-order valence-corrected chi connectivity index (χ1v) is 8.45. The summed E-state index contributed by atoms with van der Waals surface area (Å²) in [6.07, 6.45) is 9.19. The van der Waals surface area contributed by atoms with Gasteiger partial charge in [-0.1, -0.05) is 0 Å². The lowest BCUT2D eigenvalue weighted by molar-refractivity contribution is -0.120. The van der Waals surface area contributed by atoms with Gasteiger partial charge in [0.05, 0.1) is 17.8 Å². The molecule has 0 bridgehead atoms. The van der Waals surface area contributed by atoms with Gasteiger partial charge in [-0.2, -0.15) is 5.10 Å². The molecule has 3 aromatic heterocycles. The van der Waals surface area contributed by atoms with Gasteiger partial charge in [-0.05, 0) is 36.9 Å². The van der Waals surface area contributed by atoms with E-state index in [1.54, 1.807) is 23.3 Å². The van der Waals surface area contributed by atoms with Gasteiger partial charge in [0.2, 0.25) is 5.91 Å². The molecule has 0 unspecified atom stereocenters. The van der Waals surface area contributed by atoms with Gasteiger partial charge < -0.3 is 10.6 Å². The number of carbonyl (C=O) groups excluding carboxylic acids is 1. The summed E-state index contributed by atoms with van der Waals surface area (Å²) in [5.74, 6) is 0.613. The van der Waals surface area contributed by atoms with Gasteiger partial charge in [-0.3, -0.25) is 14.5 Å². The van der Waals surface area contributed by atoms with E-state index in [0.29, 0.717) is 5.82 Å². The van der Waals surface area contributed by atoms with Crippen molar-refractivity contribution in [3.8, 4) is 11.3 Å². The van der Waals surface area contributed by atoms with Gasteiger partial charge in [0.15, 0.2) is 0 Å². The van der Waals surface area contributed by atoms with Crippen molar-refractivity contribution in [3.05, 3.63) is 36.9 Å². The zero-order chi connectivity index (χ0) is 17.2. The van der Waals surface area contributed by atoms with E-state index in [0.717, 1.165) is 48.0 Å². The highest BCUT2D eigenvalue weighted by atomic mass is 16.2. The Kier molecular flexibility index (Phi) is 4.15. The lowest BCUT2D eigenvalue weighted by Gasteiger charge is -2.21. The molecule has 4 heterocycles. The molecule has 0 saturated carbocycles. The molecule has 0 radical (unpaired) electrons. The van der Waals surface area contributed by atoms with Gasteiger partial charge in [-0.15, -0.1) is 0 Å². The molecule has 0 aliphatic carbocycles. The molecule has 2 N–H and O–H groups in total. The molecular formula is C18H20N6O. The molecule has 1 atom stereocenters. The van der Waals surface area contributed by atoms with Crippen molar-refractivity contribution >= 4 is 22.5 Å². The second-order valence-corrected chi connectivity index (χ2v) is 6.42. The van der Waals surface area contributed by atoms with E-state index in [1.807, 2.05) is 25.4 Å². The normalized spacial score (nSPS) is 17.6. The fourth-order valence-corrected chi connectivity index (χ4v) is 3.12. The number of fused-ring (bicyclic) bond motifs is 1. The fourth-order valence-electron chi connectivity index (χ4n) is 3.12. The van der Waals surface area contributed by atoms with Crippen molar-refractivity contribution in [1.82, 2.24) is 25.1 Å². The van der Waals surface area contributed by atoms with Crippen molar-refractivity contribution < 1.29 is 4.79 Å². The first-order valence-electron chi connectivity index (χ1n) is 8.45. The highest BCUT2D eigenvalue weighted by molar-refractivity contribution is 5.94. The Balaban J connectivity index is 1.59. The first kappa shape index (κ1) is 15.7. The summed E-state index contributed by atoms with van der Waals surface area (Å²) in [6, 6.07) is 3.89. The molecule has 1 amide bonds. The monoisotopic (exact) mass is 336 g/mol. The number of pyridine rings is 2. The van der Waals surface area contributed by atoms with Crippen LogP contribution < -0.4 is 10.6 Å². The standard InChI is InChI=1S/C18H20N6O/c1-24-11-15(10-22-24)16-5-13-6-17(21-9-14(13)8-20-16)23-18(25)12-3-2-4-19-7-12/h5-6,8-12,19H,2-4,7H2,1H3,(H,21,23,25)/t12-/m0/s1. The minimum atomic E-state index is 0.00893. The average molecular weight is 336 g/mol. The topological polar surface area (TPSA) is 84.7 Å². The Labute approximate surface area is 145 Å². The van der Waals surface area contributed by atoms with Gasteiger partial charge in [0, 0.05) is 43.1 Å². The van der Waals surface area contributed by atoms with Crippen LogP contribution in [0, 0.1) is 5.92 Å². The largest absolute Gasteiger partial charge is 0.316 e. The van der Waals surface area contributed by atoms with Crippen LogP contribution in [0.2, 0.25) is 0 Å². The zero-order valence-corrected chi connectivity index (χ0v) is 14.1. The molecule has 1 aliphatic rings. The van der Waals surface area contributed by atoms with Gasteiger partial charge in [-0.25, -0.2) is 4.98 Å². The van der Waals surface area contributed by atoms with Crippen molar-refractivity contribution in [2.24, 2.45) is 13.0 Å². The van der Waals surface area contributed by atoms with Gasteiger partial charge in [0.1, 0.15) is 5.82 Å². The summed E-state index contributed by atoms with van der Waals surface area (Å²) < 4.78 is 1.75. The van der Waals surface area contributed by atoms with Crippen molar-refractivity contribution in [1.29, 1.82) is 0 Å². The van der Waals surface area contributed by atoms with Crippen LogP contribution in [0.3, 0.4) is 0 Å². The second-order valence-electron chi connectivity index (χ2n) is 6.42. The van der Waals surface area contributed by atoms with E-state index < -0.39 is 0 Å². The lowest BCUT2D eigenvalue weighted by Crippen LogP contribution is -2.37. The Bertz CT molecular complexity index is 913. The fraction of sp³-hybridized carbons (Fsp3) is 0.333. The molecule has 4 rings (SSSR count). The highest BCUT2D eigenvalue weighted by Crippen LogP contribution is 2.23. The Morgan fingerprint density at radius 3 is 2.88 bits per heavy atom. The molecule has 1 fully saturated rings. The molecule has 1 aliphatic heterocycles. The number of hydrogen-bond acceptors (Lipinski definition) is 5. The summed E-state index contributed by atoms with van der Waals surface area (Å²) in [4.78, 5) is 21.2. The molecule has 0 aromatic carbocycles.